The molecule has 1 amide bonds. The number of hydrogen-bond acceptors (Lipinski definition) is 4. The van der Waals surface area contributed by atoms with E-state index in [0.717, 1.165) is 12.7 Å². The average molecular weight is 408 g/mol. The Morgan fingerprint density at radius 2 is 1.86 bits per heavy atom. The van der Waals surface area contributed by atoms with Gasteiger partial charge < -0.3 is 10.1 Å². The first kappa shape index (κ1) is 21.7. The molecule has 0 aromatic heterocycles. The van der Waals surface area contributed by atoms with E-state index in [1.54, 1.807) is 0 Å². The zero-order chi connectivity index (χ0) is 20.7. The number of rotatable bonds is 9. The molecule has 0 spiro atoms. The number of nitrogens with one attached hydrogen (secondary N) is 2. The van der Waals surface area contributed by atoms with Crippen LogP contribution in [-0.4, -0.2) is 27.2 Å². The molecule has 0 saturated heterocycles. The minimum absolute atomic E-state index is 0.102. The van der Waals surface area contributed by atoms with Crippen molar-refractivity contribution in [1.29, 1.82) is 0 Å². The Bertz CT molecular complexity index is 914. The third kappa shape index (κ3) is 6.84. The molecule has 2 aromatic rings. The monoisotopic (exact) mass is 408 g/mol. The van der Waals surface area contributed by atoms with Crippen molar-refractivity contribution < 1.29 is 22.3 Å². The van der Waals surface area contributed by atoms with Crippen molar-refractivity contribution in [3.8, 4) is 5.75 Å². The third-order valence-electron chi connectivity index (χ3n) is 4.25. The lowest BCUT2D eigenvalue weighted by molar-refractivity contribution is -0.123. The molecule has 1 unspecified atom stereocenters. The Labute approximate surface area is 165 Å². The van der Waals surface area contributed by atoms with Crippen molar-refractivity contribution in [3.63, 3.8) is 0 Å². The van der Waals surface area contributed by atoms with Crippen LogP contribution in [0.15, 0.2) is 42.5 Å². The summed E-state index contributed by atoms with van der Waals surface area (Å²) >= 11 is 0. The molecule has 0 bridgehead atoms. The first-order chi connectivity index (χ1) is 13.2. The SMILES string of the molecule is CCC(C)c1ccc(OCC(=O)NCc2ccc(NS(C)(=O)=O)c(F)c2)cc1. The van der Waals surface area contributed by atoms with Crippen LogP contribution in [0.5, 0.6) is 5.75 Å². The van der Waals surface area contributed by atoms with E-state index < -0.39 is 15.8 Å². The molecular formula is C20H25FN2O4S. The number of carbonyl (C=O) groups is 1. The Hall–Kier alpha value is -2.61. The highest BCUT2D eigenvalue weighted by molar-refractivity contribution is 7.92. The molecule has 0 radical (unpaired) electrons. The quantitative estimate of drug-likeness (QED) is 0.666. The molecule has 0 saturated carbocycles. The minimum Gasteiger partial charge on any atom is -0.484 e. The van der Waals surface area contributed by atoms with Gasteiger partial charge in [0.1, 0.15) is 11.6 Å². The predicted octanol–water partition coefficient (Wildman–Crippen LogP) is 3.41. The summed E-state index contributed by atoms with van der Waals surface area (Å²) in [6.07, 6.45) is 1.99. The Kier molecular flexibility index (Phi) is 7.39. The van der Waals surface area contributed by atoms with Gasteiger partial charge in [0.05, 0.1) is 11.9 Å². The van der Waals surface area contributed by atoms with E-state index in [1.165, 1.54) is 23.8 Å². The second-order valence-corrected chi connectivity index (χ2v) is 8.38. The van der Waals surface area contributed by atoms with E-state index in [4.69, 9.17) is 4.74 Å². The number of carbonyl (C=O) groups excluding carboxylic acids is 1. The molecule has 2 rings (SSSR count). The Morgan fingerprint density at radius 3 is 2.43 bits per heavy atom. The maximum Gasteiger partial charge on any atom is 0.258 e. The van der Waals surface area contributed by atoms with Crippen LogP contribution in [0, 0.1) is 5.82 Å². The van der Waals surface area contributed by atoms with E-state index >= 15 is 0 Å². The van der Waals surface area contributed by atoms with E-state index in [2.05, 4.69) is 23.9 Å². The van der Waals surface area contributed by atoms with Crippen LogP contribution in [-0.2, 0) is 21.4 Å². The zero-order valence-electron chi connectivity index (χ0n) is 16.2. The summed E-state index contributed by atoms with van der Waals surface area (Å²) < 4.78 is 43.8. The topological polar surface area (TPSA) is 84.5 Å². The van der Waals surface area contributed by atoms with Crippen LogP contribution in [0.2, 0.25) is 0 Å². The van der Waals surface area contributed by atoms with E-state index in [-0.39, 0.29) is 24.7 Å². The number of amides is 1. The Balaban J connectivity index is 1.83. The van der Waals surface area contributed by atoms with Gasteiger partial charge in [-0.1, -0.05) is 32.0 Å². The zero-order valence-corrected chi connectivity index (χ0v) is 17.0. The molecular weight excluding hydrogens is 383 g/mol. The van der Waals surface area contributed by atoms with Crippen molar-refractivity contribution in [1.82, 2.24) is 5.32 Å². The predicted molar refractivity (Wildman–Crippen MR) is 107 cm³/mol. The van der Waals surface area contributed by atoms with Gasteiger partial charge in [-0.25, -0.2) is 12.8 Å². The fraction of sp³-hybridized carbons (Fsp3) is 0.350. The van der Waals surface area contributed by atoms with Gasteiger partial charge in [-0.2, -0.15) is 0 Å². The summed E-state index contributed by atoms with van der Waals surface area (Å²) in [6.45, 7) is 4.22. The Morgan fingerprint density at radius 1 is 1.18 bits per heavy atom. The second kappa shape index (κ2) is 9.54. The molecule has 0 aliphatic heterocycles. The number of ether oxygens (including phenoxy) is 1. The first-order valence-electron chi connectivity index (χ1n) is 8.93. The fourth-order valence-electron chi connectivity index (χ4n) is 2.48. The standard InChI is InChI=1S/C20H25FN2O4S/c1-4-14(2)16-6-8-17(9-7-16)27-13-20(24)22-12-15-5-10-19(18(21)11-15)23-28(3,25)26/h5-11,14,23H,4,12-13H2,1-3H3,(H,22,24). The van der Waals surface area contributed by atoms with E-state index in [1.807, 2.05) is 24.3 Å². The van der Waals surface area contributed by atoms with Gasteiger partial charge in [0, 0.05) is 6.54 Å². The number of benzene rings is 2. The summed E-state index contributed by atoms with van der Waals surface area (Å²) in [5.41, 5.74) is 1.58. The van der Waals surface area contributed by atoms with Crippen LogP contribution < -0.4 is 14.8 Å². The summed E-state index contributed by atoms with van der Waals surface area (Å²) in [5, 5.41) is 2.63. The lowest BCUT2D eigenvalue weighted by Gasteiger charge is -2.11. The van der Waals surface area contributed by atoms with Gasteiger partial charge in [-0.3, -0.25) is 9.52 Å². The largest absolute Gasteiger partial charge is 0.484 e. The van der Waals surface area contributed by atoms with Gasteiger partial charge in [-0.05, 0) is 47.7 Å². The van der Waals surface area contributed by atoms with E-state index in [0.29, 0.717) is 17.2 Å². The van der Waals surface area contributed by atoms with Crippen molar-refractivity contribution in [2.45, 2.75) is 32.7 Å². The summed E-state index contributed by atoms with van der Waals surface area (Å²) in [4.78, 5) is 11.9. The van der Waals surface area contributed by atoms with Crippen molar-refractivity contribution in [3.05, 3.63) is 59.4 Å². The van der Waals surface area contributed by atoms with Crippen LogP contribution in [0.1, 0.15) is 37.3 Å². The maximum atomic E-state index is 13.9. The minimum atomic E-state index is -3.56. The average Bonchev–Trinajstić information content (AvgIpc) is 2.65. The molecule has 0 fully saturated rings. The molecule has 0 aliphatic rings. The van der Waals surface area contributed by atoms with Crippen molar-refractivity contribution in [2.75, 3.05) is 17.6 Å². The number of sulfonamides is 1. The molecule has 28 heavy (non-hydrogen) atoms. The summed E-state index contributed by atoms with van der Waals surface area (Å²) in [5.74, 6) is 0.0146. The van der Waals surface area contributed by atoms with Gasteiger partial charge in [0.15, 0.2) is 6.61 Å². The number of halogens is 1. The molecule has 6 nitrogen and oxygen atoms in total. The van der Waals surface area contributed by atoms with Crippen molar-refractivity contribution in [2.24, 2.45) is 0 Å². The highest BCUT2D eigenvalue weighted by atomic mass is 32.2. The van der Waals surface area contributed by atoms with Crippen LogP contribution >= 0.6 is 0 Å². The van der Waals surface area contributed by atoms with Gasteiger partial charge in [-0.15, -0.1) is 0 Å². The van der Waals surface area contributed by atoms with Crippen molar-refractivity contribution >= 4 is 21.6 Å². The maximum absolute atomic E-state index is 13.9. The number of anilines is 1. The highest BCUT2D eigenvalue weighted by Crippen LogP contribution is 2.21. The molecule has 0 aliphatic carbocycles. The third-order valence-corrected chi connectivity index (χ3v) is 4.84. The molecule has 0 heterocycles. The summed E-state index contributed by atoms with van der Waals surface area (Å²) in [6, 6.07) is 11.6. The van der Waals surface area contributed by atoms with Crippen LogP contribution in [0.3, 0.4) is 0 Å². The molecule has 152 valence electrons. The van der Waals surface area contributed by atoms with Gasteiger partial charge >= 0.3 is 0 Å². The normalized spacial score (nSPS) is 12.3. The number of hydrogen-bond donors (Lipinski definition) is 2. The van der Waals surface area contributed by atoms with Gasteiger partial charge in [0.25, 0.3) is 5.91 Å². The summed E-state index contributed by atoms with van der Waals surface area (Å²) in [7, 11) is -3.56. The molecule has 2 N–H and O–H groups in total. The van der Waals surface area contributed by atoms with Crippen LogP contribution in [0.4, 0.5) is 10.1 Å². The lowest BCUT2D eigenvalue weighted by Crippen LogP contribution is -2.28. The lowest BCUT2D eigenvalue weighted by atomic mass is 9.99. The second-order valence-electron chi connectivity index (χ2n) is 6.63. The van der Waals surface area contributed by atoms with E-state index in [9.17, 15) is 17.6 Å². The molecule has 2 aromatic carbocycles. The molecule has 1 atom stereocenters. The fourth-order valence-corrected chi connectivity index (χ4v) is 3.04. The highest BCUT2D eigenvalue weighted by Gasteiger charge is 2.09. The van der Waals surface area contributed by atoms with Gasteiger partial charge in [0.2, 0.25) is 10.0 Å². The van der Waals surface area contributed by atoms with Crippen LogP contribution in [0.25, 0.3) is 0 Å². The smallest absolute Gasteiger partial charge is 0.258 e. The molecule has 8 heteroatoms. The first-order valence-corrected chi connectivity index (χ1v) is 10.8.